The third kappa shape index (κ3) is 9.84. The van der Waals surface area contributed by atoms with E-state index in [1.165, 1.54) is 36.4 Å². The molecule has 6 N–H and O–H groups in total. The predicted molar refractivity (Wildman–Crippen MR) is 237 cm³/mol. The van der Waals surface area contributed by atoms with Crippen molar-refractivity contribution in [2.75, 3.05) is 10.7 Å². The number of hydrazone groups is 1. The Morgan fingerprint density at radius 1 is 0.606 bits per heavy atom. The molecule has 0 heterocycles. The number of hydrogen-bond acceptors (Lipinski definition) is 17. The van der Waals surface area contributed by atoms with Gasteiger partial charge in [0, 0.05) is 27.2 Å². The highest BCUT2D eigenvalue weighted by Gasteiger charge is 2.36. The maximum absolute atomic E-state index is 14.2. The molecule has 22 nitrogen and oxygen atoms in total. The smallest absolute Gasteiger partial charge is 0.296 e. The van der Waals surface area contributed by atoms with Gasteiger partial charge in [-0.05, 0) is 73.2 Å². The molecule has 1 unspecified atom stereocenters. The summed E-state index contributed by atoms with van der Waals surface area (Å²) in [6.07, 6.45) is 0.672. The monoisotopic (exact) mass is 975 g/mol. The lowest BCUT2D eigenvalue weighted by Crippen LogP contribution is -2.31. The van der Waals surface area contributed by atoms with Crippen molar-refractivity contribution in [2.45, 2.75) is 27.7 Å². The minimum absolute atomic E-state index is 0.0813. The van der Waals surface area contributed by atoms with Gasteiger partial charge in [0.15, 0.2) is 11.5 Å². The van der Waals surface area contributed by atoms with E-state index < -0.39 is 106 Å². The third-order valence-electron chi connectivity index (χ3n) is 9.54. The summed E-state index contributed by atoms with van der Waals surface area (Å²) in [7, 11) is -20.3. The number of nitrogens with zero attached hydrogens (tertiary/aromatic N) is 5. The van der Waals surface area contributed by atoms with Crippen LogP contribution < -0.4 is 10.7 Å². The first-order valence-electron chi connectivity index (χ1n) is 18.4. The zero-order valence-electron chi connectivity index (χ0n) is 33.2. The summed E-state index contributed by atoms with van der Waals surface area (Å²) >= 11 is 0. The Kier molecular flexibility index (Phi) is 12.4. The van der Waals surface area contributed by atoms with Crippen LogP contribution in [0, 0.1) is 0 Å². The van der Waals surface area contributed by atoms with Gasteiger partial charge in [-0.2, -0.15) is 54.1 Å². The summed E-state index contributed by atoms with van der Waals surface area (Å²) in [6, 6.07) is 21.8. The van der Waals surface area contributed by atoms with Gasteiger partial charge in [0.1, 0.15) is 14.7 Å². The SMILES string of the molecule is CC(=O)C(N=Nc1cc(S(=O)(=O)O)cc2c1C(=O)C(=NNc1ccc(N=Nc3cc(S(=O)(=O)O)c4cccc(S(=O)(=O)O)c4c3)c3ccccc13)C(S(=O)(=O)O)=C2)C(=O)Nc1ccccc1. The highest BCUT2D eigenvalue weighted by molar-refractivity contribution is 7.91. The number of Topliss-reactive ketones (excluding diaryl/α,β-unsaturated/α-hetero) is 2. The van der Waals surface area contributed by atoms with Gasteiger partial charge in [-0.1, -0.05) is 54.6 Å². The van der Waals surface area contributed by atoms with E-state index in [-0.39, 0.29) is 33.5 Å². The number of rotatable bonds is 13. The molecule has 0 spiro atoms. The fourth-order valence-electron chi connectivity index (χ4n) is 6.62. The molecule has 0 aliphatic heterocycles. The fourth-order valence-corrected chi connectivity index (χ4v) is 9.24. The number of anilines is 2. The van der Waals surface area contributed by atoms with Crippen LogP contribution in [0.5, 0.6) is 0 Å². The molecule has 1 aliphatic rings. The Morgan fingerprint density at radius 2 is 1.26 bits per heavy atom. The Bertz CT molecular complexity index is 3670. The second-order valence-electron chi connectivity index (χ2n) is 14.0. The molecule has 1 amide bonds. The summed E-state index contributed by atoms with van der Waals surface area (Å²) < 4.78 is 139. The zero-order chi connectivity index (χ0) is 47.9. The van der Waals surface area contributed by atoms with Crippen molar-refractivity contribution in [3.05, 3.63) is 125 Å². The second kappa shape index (κ2) is 17.6. The Hall–Kier alpha value is -7.30. The summed E-state index contributed by atoms with van der Waals surface area (Å²) in [5.74, 6) is -3.08. The predicted octanol–water partition coefficient (Wildman–Crippen LogP) is 6.72. The Morgan fingerprint density at radius 3 is 1.89 bits per heavy atom. The van der Waals surface area contributed by atoms with E-state index in [2.05, 4.69) is 36.3 Å². The van der Waals surface area contributed by atoms with Crippen LogP contribution in [0.3, 0.4) is 0 Å². The second-order valence-corrected chi connectivity index (χ2v) is 19.6. The van der Waals surface area contributed by atoms with Crippen molar-refractivity contribution >= 4 is 120 Å². The van der Waals surface area contributed by atoms with Gasteiger partial charge < -0.3 is 5.32 Å². The number of azo groups is 2. The highest BCUT2D eigenvalue weighted by atomic mass is 32.2. The molecule has 1 aliphatic carbocycles. The minimum Gasteiger partial charge on any atom is -0.324 e. The first-order valence-corrected chi connectivity index (χ1v) is 24.1. The molecule has 66 heavy (non-hydrogen) atoms. The molecule has 0 saturated carbocycles. The van der Waals surface area contributed by atoms with Crippen LogP contribution in [0.25, 0.3) is 27.6 Å². The van der Waals surface area contributed by atoms with Crippen molar-refractivity contribution in [3.63, 3.8) is 0 Å². The number of carbonyl (C=O) groups is 3. The van der Waals surface area contributed by atoms with Gasteiger partial charge in [0.25, 0.3) is 46.4 Å². The molecular weight excluding hydrogens is 947 g/mol. The highest BCUT2D eigenvalue weighted by Crippen LogP contribution is 2.38. The Labute approximate surface area is 373 Å². The number of amides is 1. The lowest BCUT2D eigenvalue weighted by molar-refractivity contribution is -0.126. The standard InChI is InChI=1S/C40H29N7O15S4/c1-21(48)37(40(50)41-23-8-3-2-4-9-23)46-45-32-20-25(63(51,52)53)16-22-17-35(66(60,61)62)38(39(49)36(22)32)47-44-31-15-14-30(26-10-5-6-11-27(26)31)43-42-24-18-29-28(34(19-24)65(57,58)59)12-7-13-33(29)64(54,55)56/h2-20,37,44H,1H3,(H,41,50)(H,51,52,53)(H,54,55,56)(H,57,58,59)(H,60,61,62). The van der Waals surface area contributed by atoms with Crippen molar-refractivity contribution in [2.24, 2.45) is 25.6 Å². The average Bonchev–Trinajstić information content (AvgIpc) is 3.23. The largest absolute Gasteiger partial charge is 0.324 e. The number of hydrogen-bond donors (Lipinski definition) is 6. The van der Waals surface area contributed by atoms with Crippen LogP contribution in [0.1, 0.15) is 22.8 Å². The maximum atomic E-state index is 14.2. The Balaban J connectivity index is 1.29. The van der Waals surface area contributed by atoms with E-state index in [0.29, 0.717) is 29.0 Å². The molecule has 6 aromatic rings. The van der Waals surface area contributed by atoms with Crippen molar-refractivity contribution in [1.82, 2.24) is 0 Å². The normalized spacial score (nSPS) is 14.7. The molecule has 1 atom stereocenters. The summed E-state index contributed by atoms with van der Waals surface area (Å²) in [4.78, 5) is 36.4. The van der Waals surface area contributed by atoms with E-state index in [9.17, 15) is 66.3 Å². The molecule has 0 radical (unpaired) electrons. The van der Waals surface area contributed by atoms with E-state index in [0.717, 1.165) is 31.2 Å². The van der Waals surface area contributed by atoms with Crippen LogP contribution in [-0.2, 0) is 50.1 Å². The fraction of sp³-hybridized carbons (Fsp3) is 0.0500. The summed E-state index contributed by atoms with van der Waals surface area (Å²) in [5, 5.41) is 22.4. The van der Waals surface area contributed by atoms with Crippen LogP contribution in [0.4, 0.5) is 28.4 Å². The summed E-state index contributed by atoms with van der Waals surface area (Å²) in [6.45, 7) is 1.01. The number of benzene rings is 6. The molecule has 338 valence electrons. The number of carbonyl (C=O) groups excluding carboxylic acids is 3. The maximum Gasteiger partial charge on any atom is 0.296 e. The number of ketones is 2. The molecule has 26 heteroatoms. The minimum atomic E-state index is -5.34. The van der Waals surface area contributed by atoms with Crippen molar-refractivity contribution < 1.29 is 66.3 Å². The van der Waals surface area contributed by atoms with Crippen LogP contribution >= 0.6 is 0 Å². The number of para-hydroxylation sites is 1. The number of nitrogens with one attached hydrogen (secondary N) is 2. The zero-order valence-corrected chi connectivity index (χ0v) is 36.5. The van der Waals surface area contributed by atoms with Crippen LogP contribution in [0.15, 0.2) is 154 Å². The van der Waals surface area contributed by atoms with Crippen LogP contribution in [-0.4, -0.2) is 81.1 Å². The van der Waals surface area contributed by atoms with Gasteiger partial charge in [-0.15, -0.1) is 5.11 Å². The van der Waals surface area contributed by atoms with Gasteiger partial charge in [-0.25, -0.2) is 0 Å². The van der Waals surface area contributed by atoms with Gasteiger partial charge in [0.2, 0.25) is 11.8 Å². The quantitative estimate of drug-likeness (QED) is 0.0302. The van der Waals surface area contributed by atoms with Crippen molar-refractivity contribution in [1.29, 1.82) is 0 Å². The van der Waals surface area contributed by atoms with E-state index in [1.807, 2.05) is 0 Å². The van der Waals surface area contributed by atoms with Gasteiger partial charge in [0.05, 0.1) is 33.2 Å². The topological polar surface area (TPSA) is 355 Å². The van der Waals surface area contributed by atoms with E-state index in [4.69, 9.17) is 0 Å². The van der Waals surface area contributed by atoms with Gasteiger partial charge >= 0.3 is 0 Å². The van der Waals surface area contributed by atoms with E-state index >= 15 is 0 Å². The molecule has 0 aromatic heterocycles. The van der Waals surface area contributed by atoms with Crippen molar-refractivity contribution in [3.8, 4) is 0 Å². The van der Waals surface area contributed by atoms with Gasteiger partial charge in [-0.3, -0.25) is 38.0 Å². The average molecular weight is 976 g/mol. The number of allylic oxidation sites excluding steroid dienone is 1. The molecule has 7 rings (SSSR count). The molecular formula is C40H29N7O15S4. The lowest BCUT2D eigenvalue weighted by atomic mass is 9.93. The molecule has 0 saturated heterocycles. The van der Waals surface area contributed by atoms with E-state index in [1.54, 1.807) is 36.4 Å². The first kappa shape index (κ1) is 46.7. The number of fused-ring (bicyclic) bond motifs is 3. The first-order chi connectivity index (χ1) is 30.9. The lowest BCUT2D eigenvalue weighted by Gasteiger charge is -2.19. The summed E-state index contributed by atoms with van der Waals surface area (Å²) in [5.41, 5.74) is 0.0640. The third-order valence-corrected chi connectivity index (χ3v) is 13.0. The molecule has 6 aromatic carbocycles. The molecule has 0 fully saturated rings. The van der Waals surface area contributed by atoms with Crippen LogP contribution in [0.2, 0.25) is 0 Å². The molecule has 0 bridgehead atoms.